The third-order valence-electron chi connectivity index (χ3n) is 4.04. The van der Waals surface area contributed by atoms with E-state index in [4.69, 9.17) is 0 Å². The summed E-state index contributed by atoms with van der Waals surface area (Å²) in [5.74, 6) is -0.660. The van der Waals surface area contributed by atoms with Gasteiger partial charge in [-0.25, -0.2) is 4.79 Å². The first-order valence-corrected chi connectivity index (χ1v) is 8.00. The lowest BCUT2D eigenvalue weighted by Gasteiger charge is -2.33. The minimum Gasteiger partial charge on any atom is -0.350 e. The van der Waals surface area contributed by atoms with Crippen LogP contribution < -0.4 is 16.0 Å². The van der Waals surface area contributed by atoms with Crippen molar-refractivity contribution in [1.29, 1.82) is 0 Å². The molecule has 2 aliphatic heterocycles. The summed E-state index contributed by atoms with van der Waals surface area (Å²) in [6.07, 6.45) is 4.94. The average Bonchev–Trinajstić information content (AvgIpc) is 2.61. The molecule has 7 nitrogen and oxygen atoms in total. The zero-order valence-corrected chi connectivity index (χ0v) is 13.4. The van der Waals surface area contributed by atoms with E-state index >= 15 is 0 Å². The number of hydrogen-bond acceptors (Lipinski definition) is 4. The largest absolute Gasteiger partial charge is 0.350 e. The Kier molecular flexibility index (Phi) is 5.39. The molecule has 0 aromatic rings. The molecule has 1 atom stereocenters. The van der Waals surface area contributed by atoms with Gasteiger partial charge < -0.3 is 15.5 Å². The molecule has 0 unspecified atom stereocenters. The Hall–Kier alpha value is -1.63. The van der Waals surface area contributed by atoms with Gasteiger partial charge >= 0.3 is 6.03 Å². The van der Waals surface area contributed by atoms with Crippen molar-refractivity contribution in [3.05, 3.63) is 0 Å². The first-order chi connectivity index (χ1) is 10.4. The van der Waals surface area contributed by atoms with Crippen molar-refractivity contribution in [3.63, 3.8) is 0 Å². The molecule has 0 bridgehead atoms. The highest BCUT2D eigenvalue weighted by molar-refractivity contribution is 6.05. The van der Waals surface area contributed by atoms with Gasteiger partial charge in [0, 0.05) is 12.1 Å². The maximum atomic E-state index is 12.1. The molecule has 124 valence electrons. The van der Waals surface area contributed by atoms with E-state index in [2.05, 4.69) is 20.9 Å². The summed E-state index contributed by atoms with van der Waals surface area (Å²) in [6, 6.07) is -1.30. The fourth-order valence-corrected chi connectivity index (χ4v) is 3.11. The Morgan fingerprint density at radius 2 is 1.86 bits per heavy atom. The Labute approximate surface area is 131 Å². The van der Waals surface area contributed by atoms with Crippen molar-refractivity contribution < 1.29 is 14.4 Å². The normalized spacial score (nSPS) is 23.6. The Bertz CT molecular complexity index is 442. The summed E-state index contributed by atoms with van der Waals surface area (Å²) in [6.45, 7) is 6.91. The standard InChI is InChI=1S/C15H26N4O3/c1-15(2,10-19-7-5-3-4-6-8-19)18-12(20)9-11-13(21)17-14(22)16-11/h11H,3-10H2,1-2H3,(H,18,20)(H2,16,17,21,22)/t11-/m0/s1. The van der Waals surface area contributed by atoms with Crippen LogP contribution in [0.2, 0.25) is 0 Å². The molecule has 22 heavy (non-hydrogen) atoms. The molecule has 2 heterocycles. The SMILES string of the molecule is CC(C)(CN1CCCCCC1)NC(=O)C[C@@H]1NC(=O)NC1=O. The number of nitrogens with one attached hydrogen (secondary N) is 3. The molecular formula is C15H26N4O3. The van der Waals surface area contributed by atoms with E-state index in [9.17, 15) is 14.4 Å². The lowest BCUT2D eigenvalue weighted by molar-refractivity contribution is -0.127. The van der Waals surface area contributed by atoms with Gasteiger partial charge in [0.05, 0.1) is 6.42 Å². The monoisotopic (exact) mass is 310 g/mol. The van der Waals surface area contributed by atoms with Crippen molar-refractivity contribution in [1.82, 2.24) is 20.9 Å². The number of nitrogens with zero attached hydrogens (tertiary/aromatic N) is 1. The quantitative estimate of drug-likeness (QED) is 0.639. The number of rotatable bonds is 5. The highest BCUT2D eigenvalue weighted by Gasteiger charge is 2.33. The molecule has 2 saturated heterocycles. The zero-order valence-electron chi connectivity index (χ0n) is 13.4. The summed E-state index contributed by atoms with van der Waals surface area (Å²) in [7, 11) is 0. The van der Waals surface area contributed by atoms with Gasteiger partial charge in [0.15, 0.2) is 0 Å². The summed E-state index contributed by atoms with van der Waals surface area (Å²) >= 11 is 0. The van der Waals surface area contributed by atoms with E-state index in [1.165, 1.54) is 25.7 Å². The van der Waals surface area contributed by atoms with Gasteiger partial charge in [-0.1, -0.05) is 12.8 Å². The number of likely N-dealkylation sites (tertiary alicyclic amines) is 1. The van der Waals surface area contributed by atoms with E-state index < -0.39 is 18.0 Å². The minimum atomic E-state index is -0.763. The van der Waals surface area contributed by atoms with Gasteiger partial charge in [-0.15, -0.1) is 0 Å². The fraction of sp³-hybridized carbons (Fsp3) is 0.800. The average molecular weight is 310 g/mol. The molecule has 3 N–H and O–H groups in total. The third kappa shape index (κ3) is 4.98. The maximum Gasteiger partial charge on any atom is 0.322 e. The van der Waals surface area contributed by atoms with E-state index in [0.29, 0.717) is 0 Å². The second-order valence-electron chi connectivity index (χ2n) is 6.84. The number of carbonyl (C=O) groups excluding carboxylic acids is 3. The molecule has 0 radical (unpaired) electrons. The first kappa shape index (κ1) is 16.7. The van der Waals surface area contributed by atoms with Crippen LogP contribution in [0.25, 0.3) is 0 Å². The van der Waals surface area contributed by atoms with Crippen LogP contribution in [0.4, 0.5) is 4.79 Å². The van der Waals surface area contributed by atoms with Crippen molar-refractivity contribution in [2.75, 3.05) is 19.6 Å². The molecular weight excluding hydrogens is 284 g/mol. The van der Waals surface area contributed by atoms with Gasteiger partial charge in [-0.3, -0.25) is 14.9 Å². The van der Waals surface area contributed by atoms with Crippen molar-refractivity contribution in [2.45, 2.75) is 57.5 Å². The van der Waals surface area contributed by atoms with Gasteiger partial charge in [0.1, 0.15) is 6.04 Å². The minimum absolute atomic E-state index is 0.0268. The topological polar surface area (TPSA) is 90.5 Å². The van der Waals surface area contributed by atoms with Crippen molar-refractivity contribution >= 4 is 17.8 Å². The van der Waals surface area contributed by atoms with Crippen LogP contribution in [0, 0.1) is 0 Å². The van der Waals surface area contributed by atoms with Gasteiger partial charge in [0.25, 0.3) is 5.91 Å². The molecule has 4 amide bonds. The lowest BCUT2D eigenvalue weighted by atomic mass is 10.0. The molecule has 0 saturated carbocycles. The van der Waals surface area contributed by atoms with E-state index in [1.807, 2.05) is 13.8 Å². The van der Waals surface area contributed by atoms with Gasteiger partial charge in [-0.05, 0) is 39.8 Å². The number of amides is 4. The number of carbonyl (C=O) groups is 3. The van der Waals surface area contributed by atoms with E-state index in [-0.39, 0.29) is 17.9 Å². The summed E-state index contributed by atoms with van der Waals surface area (Å²) in [5, 5.41) is 7.54. The predicted molar refractivity (Wildman–Crippen MR) is 82.2 cm³/mol. The van der Waals surface area contributed by atoms with Crippen LogP contribution >= 0.6 is 0 Å². The first-order valence-electron chi connectivity index (χ1n) is 8.00. The Morgan fingerprint density at radius 3 is 2.41 bits per heavy atom. The summed E-state index contributed by atoms with van der Waals surface area (Å²) in [5.41, 5.74) is -0.361. The molecule has 2 fully saturated rings. The Balaban J connectivity index is 1.81. The van der Waals surface area contributed by atoms with Crippen LogP contribution in [0.3, 0.4) is 0 Å². The smallest absolute Gasteiger partial charge is 0.322 e. The summed E-state index contributed by atoms with van der Waals surface area (Å²) in [4.78, 5) is 37.0. The van der Waals surface area contributed by atoms with E-state index in [1.54, 1.807) is 0 Å². The number of urea groups is 1. The highest BCUT2D eigenvalue weighted by atomic mass is 16.2. The van der Waals surface area contributed by atoms with E-state index in [0.717, 1.165) is 19.6 Å². The van der Waals surface area contributed by atoms with Crippen LogP contribution in [-0.2, 0) is 9.59 Å². The molecule has 2 rings (SSSR count). The molecule has 2 aliphatic rings. The van der Waals surface area contributed by atoms with Crippen LogP contribution in [-0.4, -0.2) is 54.0 Å². The summed E-state index contributed by atoms with van der Waals surface area (Å²) < 4.78 is 0. The van der Waals surface area contributed by atoms with Gasteiger partial charge in [-0.2, -0.15) is 0 Å². The van der Waals surface area contributed by atoms with Crippen molar-refractivity contribution in [2.24, 2.45) is 0 Å². The number of imide groups is 1. The number of hydrogen-bond donors (Lipinski definition) is 3. The maximum absolute atomic E-state index is 12.1. The third-order valence-corrected chi connectivity index (χ3v) is 4.04. The second kappa shape index (κ2) is 7.09. The lowest BCUT2D eigenvalue weighted by Crippen LogP contribution is -2.52. The molecule has 0 aromatic carbocycles. The van der Waals surface area contributed by atoms with Crippen LogP contribution in [0.5, 0.6) is 0 Å². The molecule has 0 aliphatic carbocycles. The van der Waals surface area contributed by atoms with Crippen molar-refractivity contribution in [3.8, 4) is 0 Å². The Morgan fingerprint density at radius 1 is 1.23 bits per heavy atom. The van der Waals surface area contributed by atoms with Crippen LogP contribution in [0.15, 0.2) is 0 Å². The molecule has 7 heteroatoms. The fourth-order valence-electron chi connectivity index (χ4n) is 3.11. The second-order valence-corrected chi connectivity index (χ2v) is 6.84. The molecule has 0 aromatic heterocycles. The molecule has 0 spiro atoms. The van der Waals surface area contributed by atoms with Crippen LogP contribution in [0.1, 0.15) is 46.0 Å². The zero-order chi connectivity index (χ0) is 16.2. The predicted octanol–water partition coefficient (Wildman–Crippen LogP) is 0.355. The highest BCUT2D eigenvalue weighted by Crippen LogP contribution is 2.14. The van der Waals surface area contributed by atoms with Gasteiger partial charge in [0.2, 0.25) is 5.91 Å².